The Hall–Kier alpha value is -2.43. The number of nitrogens with one attached hydrogen (secondary N) is 2. The fourth-order valence-corrected chi connectivity index (χ4v) is 2.70. The Balaban J connectivity index is 1.93. The molecule has 1 aromatic heterocycles. The van der Waals surface area contributed by atoms with Crippen LogP contribution in [-0.2, 0) is 11.2 Å². The van der Waals surface area contributed by atoms with Gasteiger partial charge in [0.25, 0.3) is 0 Å². The maximum atomic E-state index is 11.1. The summed E-state index contributed by atoms with van der Waals surface area (Å²) in [7, 11) is 0. The van der Waals surface area contributed by atoms with Crippen molar-refractivity contribution in [3.63, 3.8) is 0 Å². The Morgan fingerprint density at radius 3 is 2.23 bits per heavy atom. The van der Waals surface area contributed by atoms with Gasteiger partial charge in [0.15, 0.2) is 0 Å². The highest BCUT2D eigenvalue weighted by molar-refractivity contribution is 5.73. The van der Waals surface area contributed by atoms with Crippen LogP contribution in [-0.4, -0.2) is 28.5 Å². The molecule has 2 aromatic rings. The molecule has 26 heavy (non-hydrogen) atoms. The number of carbonyl (C=O) groups excluding carboxylic acids is 1. The zero-order chi connectivity index (χ0) is 19.2. The van der Waals surface area contributed by atoms with Crippen LogP contribution in [0.4, 0.5) is 5.95 Å². The van der Waals surface area contributed by atoms with E-state index in [1.165, 1.54) is 5.56 Å². The van der Waals surface area contributed by atoms with Gasteiger partial charge in [-0.3, -0.25) is 4.79 Å². The Morgan fingerprint density at radius 1 is 1.08 bits per heavy atom. The van der Waals surface area contributed by atoms with Crippen LogP contribution in [0.2, 0.25) is 0 Å². The molecule has 0 saturated carbocycles. The van der Waals surface area contributed by atoms with E-state index in [1.54, 1.807) is 6.92 Å². The molecule has 5 nitrogen and oxygen atoms in total. The molecule has 0 bridgehead atoms. The van der Waals surface area contributed by atoms with Crippen molar-refractivity contribution in [1.82, 2.24) is 15.3 Å². The molecular weight excluding hydrogens is 324 g/mol. The topological polar surface area (TPSA) is 66.9 Å². The minimum Gasteiger partial charge on any atom is -0.354 e. The third-order valence-electron chi connectivity index (χ3n) is 4.09. The molecule has 2 rings (SSSR count). The monoisotopic (exact) mass is 354 g/mol. The molecule has 1 aromatic carbocycles. The second-order valence-electron chi connectivity index (χ2n) is 8.04. The minimum atomic E-state index is 0.00229. The summed E-state index contributed by atoms with van der Waals surface area (Å²) in [6, 6.07) is 8.44. The third kappa shape index (κ3) is 6.82. The van der Waals surface area contributed by atoms with Crippen molar-refractivity contribution in [1.29, 1.82) is 0 Å². The lowest BCUT2D eigenvalue weighted by molar-refractivity contribution is -0.119. The number of rotatable bonds is 7. The zero-order valence-corrected chi connectivity index (χ0v) is 16.5. The standard InChI is InChI=1S/C21H30N4O/c1-15(25-16(2)26)12-17-6-8-18(9-7-17)19-13-23-20(24-14-19)22-11-10-21(3,4)5/h6-9,13-15H,10-12H2,1-5H3,(H,25,26)(H,22,23,24). The molecule has 2 N–H and O–H groups in total. The fourth-order valence-electron chi connectivity index (χ4n) is 2.70. The van der Waals surface area contributed by atoms with Crippen molar-refractivity contribution in [2.24, 2.45) is 5.41 Å². The second kappa shape index (κ2) is 8.79. The molecule has 0 radical (unpaired) electrons. The molecule has 140 valence electrons. The SMILES string of the molecule is CC(=O)NC(C)Cc1ccc(-c2cnc(NCCC(C)(C)C)nc2)cc1. The van der Waals surface area contributed by atoms with Gasteiger partial charge in [-0.25, -0.2) is 9.97 Å². The van der Waals surface area contributed by atoms with Crippen LogP contribution in [0.5, 0.6) is 0 Å². The number of carbonyl (C=O) groups is 1. The van der Waals surface area contributed by atoms with Gasteiger partial charge in [0.2, 0.25) is 11.9 Å². The summed E-state index contributed by atoms with van der Waals surface area (Å²) in [5, 5.41) is 6.17. The molecule has 1 atom stereocenters. The Morgan fingerprint density at radius 2 is 1.69 bits per heavy atom. The van der Waals surface area contributed by atoms with Gasteiger partial charge in [-0.05, 0) is 36.3 Å². The van der Waals surface area contributed by atoms with Crippen LogP contribution in [0.25, 0.3) is 11.1 Å². The molecule has 0 aliphatic rings. The Labute approximate surface area is 156 Å². The van der Waals surface area contributed by atoms with Crippen LogP contribution in [0.3, 0.4) is 0 Å². The number of hydrogen-bond acceptors (Lipinski definition) is 4. The van der Waals surface area contributed by atoms with E-state index in [9.17, 15) is 4.79 Å². The van der Waals surface area contributed by atoms with E-state index in [2.05, 4.69) is 65.6 Å². The first kappa shape index (κ1) is 19.9. The second-order valence-corrected chi connectivity index (χ2v) is 8.04. The first-order valence-electron chi connectivity index (χ1n) is 9.15. The Kier molecular flexibility index (Phi) is 6.72. The van der Waals surface area contributed by atoms with Crippen molar-refractivity contribution in [3.8, 4) is 11.1 Å². The highest BCUT2D eigenvalue weighted by Gasteiger charge is 2.10. The van der Waals surface area contributed by atoms with Gasteiger partial charge >= 0.3 is 0 Å². The van der Waals surface area contributed by atoms with Crippen LogP contribution in [0.1, 0.15) is 46.6 Å². The maximum Gasteiger partial charge on any atom is 0.222 e. The summed E-state index contributed by atoms with van der Waals surface area (Å²) < 4.78 is 0. The summed E-state index contributed by atoms with van der Waals surface area (Å²) in [4.78, 5) is 19.9. The molecule has 5 heteroatoms. The summed E-state index contributed by atoms with van der Waals surface area (Å²) >= 11 is 0. The number of amides is 1. The summed E-state index contributed by atoms with van der Waals surface area (Å²) in [5.41, 5.74) is 3.57. The predicted octanol–water partition coefficient (Wildman–Crippen LogP) is 4.06. The first-order chi connectivity index (χ1) is 12.2. The van der Waals surface area contributed by atoms with Gasteiger partial charge in [0.05, 0.1) is 0 Å². The average molecular weight is 354 g/mol. The minimum absolute atomic E-state index is 0.00229. The molecule has 0 saturated heterocycles. The van der Waals surface area contributed by atoms with Crippen LogP contribution in [0.15, 0.2) is 36.7 Å². The van der Waals surface area contributed by atoms with Crippen molar-refractivity contribution in [2.75, 3.05) is 11.9 Å². The fraction of sp³-hybridized carbons (Fsp3) is 0.476. The van der Waals surface area contributed by atoms with E-state index in [0.29, 0.717) is 11.4 Å². The quantitative estimate of drug-likeness (QED) is 0.787. The van der Waals surface area contributed by atoms with Crippen LogP contribution in [0, 0.1) is 5.41 Å². The molecular formula is C21H30N4O. The van der Waals surface area contributed by atoms with Crippen molar-refractivity contribution >= 4 is 11.9 Å². The normalized spacial score (nSPS) is 12.5. The largest absolute Gasteiger partial charge is 0.354 e. The molecule has 0 spiro atoms. The summed E-state index contributed by atoms with van der Waals surface area (Å²) in [5.74, 6) is 0.668. The molecule has 1 heterocycles. The molecule has 1 amide bonds. The number of aromatic nitrogens is 2. The molecule has 0 fully saturated rings. The third-order valence-corrected chi connectivity index (χ3v) is 4.09. The number of anilines is 1. The average Bonchev–Trinajstić information content (AvgIpc) is 2.54. The molecule has 0 aliphatic heterocycles. The predicted molar refractivity (Wildman–Crippen MR) is 107 cm³/mol. The van der Waals surface area contributed by atoms with E-state index in [4.69, 9.17) is 0 Å². The number of benzene rings is 1. The van der Waals surface area contributed by atoms with Crippen LogP contribution >= 0.6 is 0 Å². The maximum absolute atomic E-state index is 11.1. The van der Waals surface area contributed by atoms with Crippen molar-refractivity contribution in [2.45, 2.75) is 53.5 Å². The van der Waals surface area contributed by atoms with E-state index in [1.807, 2.05) is 19.3 Å². The first-order valence-corrected chi connectivity index (χ1v) is 9.15. The van der Waals surface area contributed by atoms with E-state index >= 15 is 0 Å². The van der Waals surface area contributed by atoms with Gasteiger partial charge in [-0.2, -0.15) is 0 Å². The van der Waals surface area contributed by atoms with Gasteiger partial charge in [-0.15, -0.1) is 0 Å². The summed E-state index contributed by atoms with van der Waals surface area (Å²) in [6.07, 6.45) is 5.58. The van der Waals surface area contributed by atoms with E-state index in [0.717, 1.165) is 30.5 Å². The lowest BCUT2D eigenvalue weighted by atomic mass is 9.92. The lowest BCUT2D eigenvalue weighted by Crippen LogP contribution is -2.31. The smallest absolute Gasteiger partial charge is 0.222 e. The summed E-state index contributed by atoms with van der Waals surface area (Å²) in [6.45, 7) is 11.1. The molecule has 1 unspecified atom stereocenters. The van der Waals surface area contributed by atoms with E-state index in [-0.39, 0.29) is 11.9 Å². The van der Waals surface area contributed by atoms with Gasteiger partial charge in [0, 0.05) is 37.5 Å². The highest BCUT2D eigenvalue weighted by Crippen LogP contribution is 2.20. The van der Waals surface area contributed by atoms with Gasteiger partial charge in [-0.1, -0.05) is 45.0 Å². The Bertz CT molecular complexity index is 702. The lowest BCUT2D eigenvalue weighted by Gasteiger charge is -2.17. The van der Waals surface area contributed by atoms with Gasteiger partial charge in [0.1, 0.15) is 0 Å². The highest BCUT2D eigenvalue weighted by atomic mass is 16.1. The van der Waals surface area contributed by atoms with Crippen molar-refractivity contribution < 1.29 is 4.79 Å². The van der Waals surface area contributed by atoms with Crippen LogP contribution < -0.4 is 10.6 Å². The van der Waals surface area contributed by atoms with Gasteiger partial charge < -0.3 is 10.6 Å². The number of nitrogens with zero attached hydrogens (tertiary/aromatic N) is 2. The zero-order valence-electron chi connectivity index (χ0n) is 16.5. The molecule has 0 aliphatic carbocycles. The van der Waals surface area contributed by atoms with E-state index < -0.39 is 0 Å². The van der Waals surface area contributed by atoms with Crippen molar-refractivity contribution in [3.05, 3.63) is 42.2 Å². The number of hydrogen-bond donors (Lipinski definition) is 2.